The number of methoxy groups -OCH3 is 2. The summed E-state index contributed by atoms with van der Waals surface area (Å²) in [5, 5.41) is 17.8. The quantitative estimate of drug-likeness (QED) is 0.744. The van der Waals surface area contributed by atoms with Gasteiger partial charge in [-0.2, -0.15) is 0 Å². The highest BCUT2D eigenvalue weighted by Crippen LogP contribution is 2.31. The van der Waals surface area contributed by atoms with Crippen molar-refractivity contribution >= 4 is 11.9 Å². The number of rotatable bonds is 5. The molecule has 0 atom stereocenters. The number of carbonyl (C=O) groups is 2. The van der Waals surface area contributed by atoms with Gasteiger partial charge in [-0.25, -0.2) is 0 Å². The summed E-state index contributed by atoms with van der Waals surface area (Å²) >= 11 is 0. The van der Waals surface area contributed by atoms with Gasteiger partial charge in [-0.1, -0.05) is 6.07 Å². The van der Waals surface area contributed by atoms with Gasteiger partial charge in [0.25, 0.3) is 0 Å². The van der Waals surface area contributed by atoms with Crippen molar-refractivity contribution in [2.75, 3.05) is 14.2 Å². The van der Waals surface area contributed by atoms with Crippen molar-refractivity contribution < 1.29 is 29.3 Å². The summed E-state index contributed by atoms with van der Waals surface area (Å²) < 4.78 is 9.90. The Labute approximate surface area is 97.4 Å². The molecule has 0 saturated carbocycles. The first-order valence-corrected chi connectivity index (χ1v) is 4.68. The number of aliphatic carboxylic acids is 2. The molecule has 2 N–H and O–H groups in total. The molecule has 6 heteroatoms. The van der Waals surface area contributed by atoms with Crippen molar-refractivity contribution in [1.82, 2.24) is 0 Å². The van der Waals surface area contributed by atoms with Gasteiger partial charge in [0.05, 0.1) is 14.2 Å². The highest BCUT2D eigenvalue weighted by Gasteiger charge is 2.30. The molecule has 0 aromatic heterocycles. The Kier molecular flexibility index (Phi) is 3.92. The molecule has 0 spiro atoms. The molecule has 1 aromatic carbocycles. The molecule has 0 aliphatic carbocycles. The topological polar surface area (TPSA) is 93.1 Å². The van der Waals surface area contributed by atoms with Crippen LogP contribution < -0.4 is 9.47 Å². The third-order valence-corrected chi connectivity index (χ3v) is 2.25. The van der Waals surface area contributed by atoms with Crippen molar-refractivity contribution in [2.24, 2.45) is 0 Å². The monoisotopic (exact) mass is 240 g/mol. The van der Waals surface area contributed by atoms with Crippen LogP contribution in [0, 0.1) is 0 Å². The predicted octanol–water partition coefficient (Wildman–Crippen LogP) is 0.957. The lowest BCUT2D eigenvalue weighted by Crippen LogP contribution is -2.21. The molecular formula is C11H12O6. The van der Waals surface area contributed by atoms with E-state index in [1.165, 1.54) is 32.4 Å². The van der Waals surface area contributed by atoms with Crippen molar-refractivity contribution in [1.29, 1.82) is 0 Å². The van der Waals surface area contributed by atoms with Crippen LogP contribution in [0.2, 0.25) is 0 Å². The Hall–Kier alpha value is -2.24. The Morgan fingerprint density at radius 2 is 1.71 bits per heavy atom. The van der Waals surface area contributed by atoms with Crippen LogP contribution in [0.1, 0.15) is 11.5 Å². The number of ether oxygens (including phenoxy) is 2. The summed E-state index contributed by atoms with van der Waals surface area (Å²) in [7, 11) is 2.78. The van der Waals surface area contributed by atoms with Gasteiger partial charge >= 0.3 is 11.9 Å². The average molecular weight is 240 g/mol. The standard InChI is InChI=1S/C11H12O6/c1-16-6-3-4-7(8(5-6)17-2)9(10(12)13)11(14)15/h3-5,9H,1-2H3,(H,12,13)(H,14,15). The van der Waals surface area contributed by atoms with Crippen LogP contribution in [0.5, 0.6) is 11.5 Å². The normalized spacial score (nSPS) is 10.1. The lowest BCUT2D eigenvalue weighted by Gasteiger charge is -2.13. The molecule has 17 heavy (non-hydrogen) atoms. The van der Waals surface area contributed by atoms with Crippen LogP contribution in [-0.2, 0) is 9.59 Å². The van der Waals surface area contributed by atoms with Crippen molar-refractivity contribution in [2.45, 2.75) is 5.92 Å². The van der Waals surface area contributed by atoms with Crippen molar-refractivity contribution in [3.05, 3.63) is 23.8 Å². The second-order valence-corrected chi connectivity index (χ2v) is 3.22. The molecule has 0 bridgehead atoms. The highest BCUT2D eigenvalue weighted by atomic mass is 16.5. The summed E-state index contributed by atoms with van der Waals surface area (Å²) in [4.78, 5) is 21.8. The second kappa shape index (κ2) is 5.20. The first-order valence-electron chi connectivity index (χ1n) is 4.68. The zero-order chi connectivity index (χ0) is 13.0. The van der Waals surface area contributed by atoms with Crippen molar-refractivity contribution in [3.63, 3.8) is 0 Å². The van der Waals surface area contributed by atoms with E-state index in [4.69, 9.17) is 19.7 Å². The van der Waals surface area contributed by atoms with E-state index in [9.17, 15) is 9.59 Å². The molecule has 1 aromatic rings. The first-order chi connectivity index (χ1) is 8.01. The van der Waals surface area contributed by atoms with Crippen LogP contribution in [0.25, 0.3) is 0 Å². The van der Waals surface area contributed by atoms with E-state index >= 15 is 0 Å². The first kappa shape index (κ1) is 12.8. The lowest BCUT2D eigenvalue weighted by molar-refractivity contribution is -0.150. The molecular weight excluding hydrogens is 228 g/mol. The van der Waals surface area contributed by atoms with Gasteiger partial charge in [-0.05, 0) is 6.07 Å². The van der Waals surface area contributed by atoms with E-state index in [0.717, 1.165) is 0 Å². The highest BCUT2D eigenvalue weighted by molar-refractivity contribution is 5.99. The zero-order valence-corrected chi connectivity index (χ0v) is 9.34. The Morgan fingerprint density at radius 1 is 1.12 bits per heavy atom. The van der Waals surface area contributed by atoms with Gasteiger partial charge in [-0.3, -0.25) is 9.59 Å². The minimum absolute atomic E-state index is 0.0771. The van der Waals surface area contributed by atoms with E-state index < -0.39 is 17.9 Å². The smallest absolute Gasteiger partial charge is 0.322 e. The Balaban J connectivity index is 3.28. The molecule has 0 amide bonds. The van der Waals surface area contributed by atoms with Gasteiger partial charge in [0.2, 0.25) is 0 Å². The van der Waals surface area contributed by atoms with Gasteiger partial charge in [0, 0.05) is 11.6 Å². The molecule has 0 radical (unpaired) electrons. The SMILES string of the molecule is COc1ccc(C(C(=O)O)C(=O)O)c(OC)c1. The van der Waals surface area contributed by atoms with Crippen molar-refractivity contribution in [3.8, 4) is 11.5 Å². The van der Waals surface area contributed by atoms with E-state index in [-0.39, 0.29) is 11.3 Å². The summed E-state index contributed by atoms with van der Waals surface area (Å²) in [6, 6.07) is 4.29. The molecule has 6 nitrogen and oxygen atoms in total. The average Bonchev–Trinajstić information content (AvgIpc) is 2.28. The van der Waals surface area contributed by atoms with Gasteiger partial charge in [0.1, 0.15) is 11.5 Å². The molecule has 92 valence electrons. The maximum Gasteiger partial charge on any atom is 0.322 e. The van der Waals surface area contributed by atoms with Crippen LogP contribution in [0.4, 0.5) is 0 Å². The predicted molar refractivity (Wildman–Crippen MR) is 57.6 cm³/mol. The van der Waals surface area contributed by atoms with Crippen LogP contribution in [-0.4, -0.2) is 36.4 Å². The number of hydrogen-bond acceptors (Lipinski definition) is 4. The molecule has 1 rings (SSSR count). The third kappa shape index (κ3) is 2.66. The van der Waals surface area contributed by atoms with E-state index in [2.05, 4.69) is 0 Å². The lowest BCUT2D eigenvalue weighted by atomic mass is 9.98. The minimum Gasteiger partial charge on any atom is -0.497 e. The molecule has 0 heterocycles. The molecule has 0 aliphatic heterocycles. The fourth-order valence-electron chi connectivity index (χ4n) is 1.43. The maximum absolute atomic E-state index is 10.9. The zero-order valence-electron chi connectivity index (χ0n) is 9.34. The van der Waals surface area contributed by atoms with Crippen LogP contribution in [0.15, 0.2) is 18.2 Å². The summed E-state index contributed by atoms with van der Waals surface area (Å²) in [5.41, 5.74) is 0.0771. The molecule has 0 fully saturated rings. The Morgan fingerprint density at radius 3 is 2.12 bits per heavy atom. The third-order valence-electron chi connectivity index (χ3n) is 2.25. The summed E-state index contributed by atoms with van der Waals surface area (Å²) in [5.74, 6) is -3.92. The maximum atomic E-state index is 10.9. The summed E-state index contributed by atoms with van der Waals surface area (Å²) in [6.07, 6.45) is 0. The number of carboxylic acid groups (broad SMARTS) is 2. The largest absolute Gasteiger partial charge is 0.497 e. The van der Waals surface area contributed by atoms with Gasteiger partial charge in [-0.15, -0.1) is 0 Å². The number of hydrogen-bond donors (Lipinski definition) is 2. The second-order valence-electron chi connectivity index (χ2n) is 3.22. The number of benzene rings is 1. The van der Waals surface area contributed by atoms with E-state index in [0.29, 0.717) is 5.75 Å². The Bertz CT molecular complexity index is 426. The van der Waals surface area contributed by atoms with E-state index in [1.54, 1.807) is 0 Å². The van der Waals surface area contributed by atoms with Crippen LogP contribution >= 0.6 is 0 Å². The van der Waals surface area contributed by atoms with Gasteiger partial charge < -0.3 is 19.7 Å². The van der Waals surface area contributed by atoms with E-state index in [1.807, 2.05) is 0 Å². The molecule has 0 saturated heterocycles. The fraction of sp³-hybridized carbons (Fsp3) is 0.273. The minimum atomic E-state index is -1.66. The van der Waals surface area contributed by atoms with Gasteiger partial charge in [0.15, 0.2) is 5.92 Å². The van der Waals surface area contributed by atoms with Crippen LogP contribution in [0.3, 0.4) is 0 Å². The summed E-state index contributed by atoms with van der Waals surface area (Å²) in [6.45, 7) is 0. The fourth-order valence-corrected chi connectivity index (χ4v) is 1.43. The molecule has 0 unspecified atom stereocenters. The molecule has 0 aliphatic rings. The number of carboxylic acids is 2.